The van der Waals surface area contributed by atoms with Gasteiger partial charge in [-0.15, -0.1) is 0 Å². The molecule has 1 aromatic heterocycles. The third-order valence-electron chi connectivity index (χ3n) is 2.69. The van der Waals surface area contributed by atoms with Gasteiger partial charge in [0.15, 0.2) is 5.15 Å². The highest BCUT2D eigenvalue weighted by Gasteiger charge is 2.10. The number of methoxy groups -OCH3 is 1. The van der Waals surface area contributed by atoms with Crippen LogP contribution in [0.15, 0.2) is 29.3 Å². The topological polar surface area (TPSA) is 67.9 Å². The number of rotatable bonds is 3. The maximum absolute atomic E-state index is 11.9. The van der Waals surface area contributed by atoms with Crippen LogP contribution in [0.3, 0.4) is 0 Å². The van der Waals surface area contributed by atoms with Gasteiger partial charge in [0.1, 0.15) is 10.8 Å². The van der Waals surface area contributed by atoms with Crippen molar-refractivity contribution in [2.45, 2.75) is 6.54 Å². The molecule has 7 heteroatoms. The van der Waals surface area contributed by atoms with Gasteiger partial charge in [-0.1, -0.05) is 23.2 Å². The molecule has 5 nitrogen and oxygen atoms in total. The van der Waals surface area contributed by atoms with Crippen molar-refractivity contribution in [3.05, 3.63) is 56.2 Å². The number of nitriles is 1. The summed E-state index contributed by atoms with van der Waals surface area (Å²) >= 11 is 11.4. The third kappa shape index (κ3) is 2.77. The van der Waals surface area contributed by atoms with Crippen LogP contribution < -0.4 is 10.3 Å². The minimum atomic E-state index is -0.448. The van der Waals surface area contributed by atoms with Gasteiger partial charge in [0.25, 0.3) is 5.56 Å². The van der Waals surface area contributed by atoms with Crippen LogP contribution in [0, 0.1) is 11.3 Å². The first-order chi connectivity index (χ1) is 9.56. The van der Waals surface area contributed by atoms with Crippen LogP contribution in [-0.2, 0) is 6.54 Å². The molecule has 0 aliphatic heterocycles. The predicted octanol–water partition coefficient (Wildman–Crippen LogP) is 2.48. The lowest BCUT2D eigenvalue weighted by molar-refractivity contribution is 0.408. The zero-order chi connectivity index (χ0) is 14.7. The van der Waals surface area contributed by atoms with E-state index in [0.717, 1.165) is 0 Å². The van der Waals surface area contributed by atoms with E-state index in [2.05, 4.69) is 4.98 Å². The Morgan fingerprint density at radius 2 is 2.20 bits per heavy atom. The highest BCUT2D eigenvalue weighted by Crippen LogP contribution is 2.21. The van der Waals surface area contributed by atoms with Gasteiger partial charge in [0.2, 0.25) is 0 Å². The summed E-state index contributed by atoms with van der Waals surface area (Å²) in [6.45, 7) is 0.182. The monoisotopic (exact) mass is 309 g/mol. The van der Waals surface area contributed by atoms with E-state index in [1.54, 1.807) is 18.2 Å². The zero-order valence-electron chi connectivity index (χ0n) is 10.4. The van der Waals surface area contributed by atoms with E-state index < -0.39 is 5.56 Å². The van der Waals surface area contributed by atoms with Crippen molar-refractivity contribution in [3.8, 4) is 11.8 Å². The predicted molar refractivity (Wildman–Crippen MR) is 75.3 cm³/mol. The molecule has 1 heterocycles. The number of halogens is 2. The van der Waals surface area contributed by atoms with Crippen molar-refractivity contribution >= 4 is 23.2 Å². The maximum atomic E-state index is 11.9. The molecule has 20 heavy (non-hydrogen) atoms. The molecule has 2 rings (SSSR count). The minimum Gasteiger partial charge on any atom is -0.496 e. The first-order valence-corrected chi connectivity index (χ1v) is 6.30. The second kappa shape index (κ2) is 5.95. The molecule has 0 amide bonds. The fourth-order valence-electron chi connectivity index (χ4n) is 1.71. The van der Waals surface area contributed by atoms with Gasteiger partial charge in [0, 0.05) is 5.56 Å². The molecule has 0 aliphatic carbocycles. The normalized spacial score (nSPS) is 10.1. The number of ether oxygens (including phenoxy) is 1. The van der Waals surface area contributed by atoms with E-state index in [9.17, 15) is 4.79 Å². The molecule has 0 spiro atoms. The molecule has 0 unspecified atom stereocenters. The summed E-state index contributed by atoms with van der Waals surface area (Å²) in [6, 6.07) is 6.99. The Hall–Kier alpha value is -2.03. The SMILES string of the molecule is COc1ccc(C#N)cc1Cn1cnc(Cl)c(Cl)c1=O. The Morgan fingerprint density at radius 1 is 1.45 bits per heavy atom. The summed E-state index contributed by atoms with van der Waals surface area (Å²) in [5.41, 5.74) is 0.701. The highest BCUT2D eigenvalue weighted by atomic mass is 35.5. The molecule has 0 fully saturated rings. The number of hydrogen-bond acceptors (Lipinski definition) is 4. The first kappa shape index (κ1) is 14.4. The van der Waals surface area contributed by atoms with Crippen LogP contribution >= 0.6 is 23.2 Å². The molecule has 0 bridgehead atoms. The molecule has 2 aromatic rings. The van der Waals surface area contributed by atoms with Crippen molar-refractivity contribution in [2.24, 2.45) is 0 Å². The maximum Gasteiger partial charge on any atom is 0.273 e. The Balaban J connectivity index is 2.47. The van der Waals surface area contributed by atoms with Gasteiger partial charge < -0.3 is 4.74 Å². The van der Waals surface area contributed by atoms with Crippen LogP contribution in [0.4, 0.5) is 0 Å². The summed E-state index contributed by atoms with van der Waals surface area (Å²) in [4.78, 5) is 15.8. The van der Waals surface area contributed by atoms with E-state index in [0.29, 0.717) is 16.9 Å². The lowest BCUT2D eigenvalue weighted by Gasteiger charge is -2.10. The Bertz CT molecular complexity index is 750. The second-order valence-corrected chi connectivity index (χ2v) is 4.66. The first-order valence-electron chi connectivity index (χ1n) is 5.54. The van der Waals surface area contributed by atoms with Crippen molar-refractivity contribution in [1.29, 1.82) is 5.26 Å². The van der Waals surface area contributed by atoms with E-state index in [1.165, 1.54) is 18.0 Å². The summed E-state index contributed by atoms with van der Waals surface area (Å²) in [6.07, 6.45) is 1.30. The lowest BCUT2D eigenvalue weighted by atomic mass is 10.1. The van der Waals surface area contributed by atoms with Gasteiger partial charge in [-0.25, -0.2) is 4.98 Å². The Labute approximate surface area is 125 Å². The van der Waals surface area contributed by atoms with Crippen molar-refractivity contribution in [1.82, 2.24) is 9.55 Å². The highest BCUT2D eigenvalue weighted by molar-refractivity contribution is 6.40. The Morgan fingerprint density at radius 3 is 2.85 bits per heavy atom. The van der Waals surface area contributed by atoms with Crippen LogP contribution in [0.2, 0.25) is 10.2 Å². The summed E-state index contributed by atoms with van der Waals surface area (Å²) < 4.78 is 6.51. The van der Waals surface area contributed by atoms with E-state index in [4.69, 9.17) is 33.2 Å². The molecule has 0 radical (unpaired) electrons. The molecule has 0 aliphatic rings. The van der Waals surface area contributed by atoms with Crippen LogP contribution in [0.5, 0.6) is 5.75 Å². The van der Waals surface area contributed by atoms with Gasteiger partial charge >= 0.3 is 0 Å². The van der Waals surface area contributed by atoms with Gasteiger partial charge in [-0.05, 0) is 18.2 Å². The van der Waals surface area contributed by atoms with Crippen molar-refractivity contribution < 1.29 is 4.74 Å². The minimum absolute atomic E-state index is 0.0364. The van der Waals surface area contributed by atoms with E-state index in [-0.39, 0.29) is 16.7 Å². The largest absolute Gasteiger partial charge is 0.496 e. The number of nitrogens with zero attached hydrogens (tertiary/aromatic N) is 3. The van der Waals surface area contributed by atoms with Crippen LogP contribution in [0.25, 0.3) is 0 Å². The lowest BCUT2D eigenvalue weighted by Crippen LogP contribution is -2.22. The zero-order valence-corrected chi connectivity index (χ0v) is 11.9. The second-order valence-electron chi connectivity index (χ2n) is 3.92. The van der Waals surface area contributed by atoms with Crippen molar-refractivity contribution in [2.75, 3.05) is 7.11 Å². The standard InChI is InChI=1S/C13H9Cl2N3O2/c1-20-10-3-2-8(5-16)4-9(10)6-18-7-17-12(15)11(14)13(18)19/h2-4,7H,6H2,1H3. The Kier molecular flexibility index (Phi) is 4.28. The van der Waals surface area contributed by atoms with E-state index >= 15 is 0 Å². The summed E-state index contributed by atoms with van der Waals surface area (Å²) in [5, 5.41) is 8.75. The van der Waals surface area contributed by atoms with Crippen molar-refractivity contribution in [3.63, 3.8) is 0 Å². The number of benzene rings is 1. The number of aromatic nitrogens is 2. The fourth-order valence-corrected chi connectivity index (χ4v) is 1.99. The molecular formula is C13H9Cl2N3O2. The fraction of sp³-hybridized carbons (Fsp3) is 0.154. The molecule has 0 saturated heterocycles. The van der Waals surface area contributed by atoms with Gasteiger partial charge in [-0.3, -0.25) is 9.36 Å². The van der Waals surface area contributed by atoms with Crippen LogP contribution in [-0.4, -0.2) is 16.7 Å². The third-order valence-corrected chi connectivity index (χ3v) is 3.41. The van der Waals surface area contributed by atoms with Crippen LogP contribution in [0.1, 0.15) is 11.1 Å². The molecule has 0 saturated carbocycles. The number of hydrogen-bond donors (Lipinski definition) is 0. The average Bonchev–Trinajstić information content (AvgIpc) is 2.47. The molecule has 0 atom stereocenters. The molecule has 102 valence electrons. The summed E-state index contributed by atoms with van der Waals surface area (Å²) in [7, 11) is 1.51. The summed E-state index contributed by atoms with van der Waals surface area (Å²) in [5.74, 6) is 0.571. The van der Waals surface area contributed by atoms with Gasteiger partial charge in [0.05, 0.1) is 31.6 Å². The average molecular weight is 310 g/mol. The smallest absolute Gasteiger partial charge is 0.273 e. The molecule has 1 aromatic carbocycles. The molecule has 0 N–H and O–H groups in total. The van der Waals surface area contributed by atoms with E-state index in [1.807, 2.05) is 6.07 Å². The van der Waals surface area contributed by atoms with Gasteiger partial charge in [-0.2, -0.15) is 5.26 Å². The quantitative estimate of drug-likeness (QED) is 0.817. The molecular weight excluding hydrogens is 301 g/mol.